The number of hydrogen-bond donors (Lipinski definition) is 1. The van der Waals surface area contributed by atoms with Crippen LogP contribution < -0.4 is 0 Å². The van der Waals surface area contributed by atoms with E-state index in [1.807, 2.05) is 0 Å². The van der Waals surface area contributed by atoms with Crippen molar-refractivity contribution in [2.75, 3.05) is 33.8 Å². The molecule has 0 radical (unpaired) electrons. The van der Waals surface area contributed by atoms with Gasteiger partial charge in [-0.25, -0.2) is 4.79 Å². The molecule has 0 aromatic rings. The highest BCUT2D eigenvalue weighted by Gasteiger charge is 2.26. The number of carboxylic acid groups (broad SMARTS) is 1. The minimum Gasteiger partial charge on any atom is -0.481 e. The molecule has 1 heterocycles. The van der Waals surface area contributed by atoms with Gasteiger partial charge >= 0.3 is 12.0 Å². The highest BCUT2D eigenvalue weighted by Crippen LogP contribution is 2.14. The molecule has 2 atom stereocenters. The highest BCUT2D eigenvalue weighted by molar-refractivity contribution is 5.76. The van der Waals surface area contributed by atoms with Gasteiger partial charge in [-0.2, -0.15) is 0 Å². The van der Waals surface area contributed by atoms with Crippen molar-refractivity contribution in [1.29, 1.82) is 0 Å². The second kappa shape index (κ2) is 6.58. The normalized spacial score (nSPS) is 21.5. The van der Waals surface area contributed by atoms with Gasteiger partial charge in [0.15, 0.2) is 0 Å². The largest absolute Gasteiger partial charge is 0.481 e. The first-order chi connectivity index (χ1) is 8.45. The van der Waals surface area contributed by atoms with Crippen molar-refractivity contribution < 1.29 is 19.4 Å². The molecule has 18 heavy (non-hydrogen) atoms. The number of carbonyl (C=O) groups excluding carboxylic acids is 1. The average molecular weight is 258 g/mol. The maximum atomic E-state index is 12.1. The van der Waals surface area contributed by atoms with Gasteiger partial charge in [-0.05, 0) is 12.8 Å². The molecule has 1 fully saturated rings. The summed E-state index contributed by atoms with van der Waals surface area (Å²) in [4.78, 5) is 26.1. The van der Waals surface area contributed by atoms with Crippen LogP contribution in [0.4, 0.5) is 4.79 Å². The van der Waals surface area contributed by atoms with E-state index >= 15 is 0 Å². The summed E-state index contributed by atoms with van der Waals surface area (Å²) in [6, 6.07) is -0.121. The second-order valence-corrected chi connectivity index (χ2v) is 4.85. The van der Waals surface area contributed by atoms with E-state index in [0.717, 1.165) is 12.8 Å². The molecule has 0 bridgehead atoms. The third-order valence-corrected chi connectivity index (χ3v) is 3.28. The van der Waals surface area contributed by atoms with E-state index in [1.165, 1.54) is 4.90 Å². The summed E-state index contributed by atoms with van der Waals surface area (Å²) in [6.07, 6.45) is 1.98. The lowest BCUT2D eigenvalue weighted by molar-refractivity contribution is -0.141. The van der Waals surface area contributed by atoms with Gasteiger partial charge in [-0.3, -0.25) is 4.79 Å². The quantitative estimate of drug-likeness (QED) is 0.812. The Labute approximate surface area is 107 Å². The molecule has 1 saturated heterocycles. The number of aliphatic carboxylic acids is 1. The number of piperidine rings is 1. The molecule has 104 valence electrons. The minimum atomic E-state index is -0.886. The lowest BCUT2D eigenvalue weighted by Gasteiger charge is -2.35. The van der Waals surface area contributed by atoms with Gasteiger partial charge in [-0.1, -0.05) is 6.92 Å². The number of nitrogens with zero attached hydrogens (tertiary/aromatic N) is 2. The van der Waals surface area contributed by atoms with Crippen molar-refractivity contribution in [2.24, 2.45) is 5.92 Å². The van der Waals surface area contributed by atoms with Crippen LogP contribution in [-0.4, -0.2) is 66.8 Å². The number of carbonyl (C=O) groups is 2. The Bertz CT molecular complexity index is 308. The van der Waals surface area contributed by atoms with Gasteiger partial charge in [0.1, 0.15) is 0 Å². The highest BCUT2D eigenvalue weighted by atomic mass is 16.5. The van der Waals surface area contributed by atoms with Gasteiger partial charge in [0.25, 0.3) is 0 Å². The first-order valence-electron chi connectivity index (χ1n) is 6.21. The SMILES string of the molecule is COC1CCCN(C(=O)N(C)CC(C)C(=O)O)C1. The van der Waals surface area contributed by atoms with Gasteiger partial charge in [0.2, 0.25) is 0 Å². The predicted octanol–water partition coefficient (Wildman–Crippen LogP) is 0.870. The molecule has 2 unspecified atom stereocenters. The van der Waals surface area contributed by atoms with Crippen LogP contribution in [0.3, 0.4) is 0 Å². The molecule has 0 spiro atoms. The molecule has 1 N–H and O–H groups in total. The van der Waals surface area contributed by atoms with Crippen molar-refractivity contribution in [3.63, 3.8) is 0 Å². The van der Waals surface area contributed by atoms with Gasteiger partial charge in [0.05, 0.1) is 12.0 Å². The van der Waals surface area contributed by atoms with E-state index in [2.05, 4.69) is 0 Å². The summed E-state index contributed by atoms with van der Waals surface area (Å²) in [7, 11) is 3.28. The minimum absolute atomic E-state index is 0.0907. The monoisotopic (exact) mass is 258 g/mol. The number of carboxylic acids is 1. The molecule has 2 amide bonds. The van der Waals surface area contributed by atoms with Crippen LogP contribution >= 0.6 is 0 Å². The summed E-state index contributed by atoms with van der Waals surface area (Å²) in [5.41, 5.74) is 0. The van der Waals surface area contributed by atoms with Crippen LogP contribution in [0.2, 0.25) is 0 Å². The Balaban J connectivity index is 2.50. The zero-order valence-corrected chi connectivity index (χ0v) is 11.3. The predicted molar refractivity (Wildman–Crippen MR) is 66.4 cm³/mol. The lowest BCUT2D eigenvalue weighted by Crippen LogP contribution is -2.49. The number of amides is 2. The van der Waals surface area contributed by atoms with Crippen LogP contribution in [0, 0.1) is 5.92 Å². The zero-order chi connectivity index (χ0) is 13.7. The molecule has 0 aromatic heterocycles. The molecule has 0 saturated carbocycles. The molecule has 1 aliphatic heterocycles. The molecular formula is C12H22N2O4. The number of urea groups is 1. The zero-order valence-electron chi connectivity index (χ0n) is 11.3. The Kier molecular flexibility index (Phi) is 5.40. The summed E-state index contributed by atoms with van der Waals surface area (Å²) in [5, 5.41) is 8.83. The van der Waals surface area contributed by atoms with Gasteiger partial charge in [0, 0.05) is 33.8 Å². The van der Waals surface area contributed by atoms with Crippen LogP contribution in [-0.2, 0) is 9.53 Å². The van der Waals surface area contributed by atoms with E-state index in [4.69, 9.17) is 9.84 Å². The van der Waals surface area contributed by atoms with E-state index in [9.17, 15) is 9.59 Å². The smallest absolute Gasteiger partial charge is 0.319 e. The fourth-order valence-electron chi connectivity index (χ4n) is 2.11. The first-order valence-corrected chi connectivity index (χ1v) is 6.21. The van der Waals surface area contributed by atoms with E-state index in [-0.39, 0.29) is 18.7 Å². The third-order valence-electron chi connectivity index (χ3n) is 3.28. The van der Waals surface area contributed by atoms with Crippen LogP contribution in [0.15, 0.2) is 0 Å². The molecular weight excluding hydrogens is 236 g/mol. The van der Waals surface area contributed by atoms with Crippen molar-refractivity contribution >= 4 is 12.0 Å². The molecule has 1 aliphatic rings. The molecule has 6 heteroatoms. The Morgan fingerprint density at radius 2 is 2.22 bits per heavy atom. The lowest BCUT2D eigenvalue weighted by atomic mass is 10.1. The van der Waals surface area contributed by atoms with E-state index in [0.29, 0.717) is 13.1 Å². The van der Waals surface area contributed by atoms with E-state index in [1.54, 1.807) is 26.0 Å². The number of likely N-dealkylation sites (tertiary alicyclic amines) is 1. The van der Waals surface area contributed by atoms with Crippen LogP contribution in [0.5, 0.6) is 0 Å². The van der Waals surface area contributed by atoms with E-state index < -0.39 is 11.9 Å². The second-order valence-electron chi connectivity index (χ2n) is 4.85. The van der Waals surface area contributed by atoms with Crippen molar-refractivity contribution in [3.05, 3.63) is 0 Å². The van der Waals surface area contributed by atoms with Crippen molar-refractivity contribution in [3.8, 4) is 0 Å². The maximum Gasteiger partial charge on any atom is 0.319 e. The molecule has 6 nitrogen and oxygen atoms in total. The summed E-state index contributed by atoms with van der Waals surface area (Å²) in [5.74, 6) is -1.44. The first kappa shape index (κ1) is 14.8. The van der Waals surface area contributed by atoms with Gasteiger partial charge in [-0.15, -0.1) is 0 Å². The summed E-state index contributed by atoms with van der Waals surface area (Å²) in [6.45, 7) is 3.12. The third kappa shape index (κ3) is 3.87. The molecule has 0 aliphatic carbocycles. The standard InChI is InChI=1S/C12H22N2O4/c1-9(11(15)16)7-13(2)12(17)14-6-4-5-10(8-14)18-3/h9-10H,4-8H2,1-3H3,(H,15,16). The maximum absolute atomic E-state index is 12.1. The fraction of sp³-hybridized carbons (Fsp3) is 0.833. The fourth-order valence-corrected chi connectivity index (χ4v) is 2.11. The van der Waals surface area contributed by atoms with Crippen LogP contribution in [0.25, 0.3) is 0 Å². The number of methoxy groups -OCH3 is 1. The Morgan fingerprint density at radius 1 is 1.56 bits per heavy atom. The molecule has 0 aromatic carbocycles. The number of hydrogen-bond acceptors (Lipinski definition) is 3. The Hall–Kier alpha value is -1.30. The number of ether oxygens (including phenoxy) is 1. The summed E-state index contributed by atoms with van der Waals surface area (Å²) < 4.78 is 5.26. The average Bonchev–Trinajstić information content (AvgIpc) is 2.37. The summed E-state index contributed by atoms with van der Waals surface area (Å²) >= 11 is 0. The Morgan fingerprint density at radius 3 is 2.78 bits per heavy atom. The van der Waals surface area contributed by atoms with Crippen molar-refractivity contribution in [2.45, 2.75) is 25.9 Å². The van der Waals surface area contributed by atoms with Crippen molar-refractivity contribution in [1.82, 2.24) is 9.80 Å². The van der Waals surface area contributed by atoms with Crippen LogP contribution in [0.1, 0.15) is 19.8 Å². The topological polar surface area (TPSA) is 70.1 Å². The van der Waals surface area contributed by atoms with Gasteiger partial charge < -0.3 is 19.6 Å². The number of rotatable bonds is 4. The molecule has 1 rings (SSSR count).